The van der Waals surface area contributed by atoms with Crippen molar-refractivity contribution in [2.24, 2.45) is 11.8 Å². The number of nitriles is 1. The highest BCUT2D eigenvalue weighted by Crippen LogP contribution is 2.34. The number of carbonyl (C=O) groups is 1. The van der Waals surface area contributed by atoms with Crippen LogP contribution in [0.15, 0.2) is 24.3 Å². The first-order valence-electron chi connectivity index (χ1n) is 9.40. The molecule has 2 aliphatic heterocycles. The smallest absolute Gasteiger partial charge is 0.254 e. The molecule has 3 atom stereocenters. The Bertz CT molecular complexity index is 649. The van der Waals surface area contributed by atoms with Gasteiger partial charge < -0.3 is 14.7 Å². The summed E-state index contributed by atoms with van der Waals surface area (Å²) in [6.07, 6.45) is 0.989. The summed E-state index contributed by atoms with van der Waals surface area (Å²) in [5.74, 6) is 0.597. The third-order valence-electron chi connectivity index (χ3n) is 5.74. The molecule has 6 heteroatoms. The quantitative estimate of drug-likeness (QED) is 0.861. The highest BCUT2D eigenvalue weighted by molar-refractivity contribution is 5.94. The third kappa shape index (κ3) is 3.90. The van der Waals surface area contributed by atoms with Crippen LogP contribution >= 0.6 is 0 Å². The zero-order valence-corrected chi connectivity index (χ0v) is 15.3. The predicted molar refractivity (Wildman–Crippen MR) is 97.6 cm³/mol. The molecule has 2 fully saturated rings. The minimum Gasteiger partial charge on any atom is -0.394 e. The molecule has 26 heavy (non-hydrogen) atoms. The van der Waals surface area contributed by atoms with Crippen LogP contribution in [0, 0.1) is 23.2 Å². The Labute approximate surface area is 155 Å². The monoisotopic (exact) mass is 357 g/mol. The van der Waals surface area contributed by atoms with Gasteiger partial charge in [-0.05, 0) is 36.1 Å². The molecule has 140 valence electrons. The lowest BCUT2D eigenvalue weighted by molar-refractivity contribution is 0.0206. The Morgan fingerprint density at radius 3 is 2.58 bits per heavy atom. The Morgan fingerprint density at radius 1 is 1.31 bits per heavy atom. The summed E-state index contributed by atoms with van der Waals surface area (Å²) in [6.45, 7) is 7.03. The fourth-order valence-electron chi connectivity index (χ4n) is 4.17. The van der Waals surface area contributed by atoms with Crippen LogP contribution in [0.1, 0.15) is 29.3 Å². The lowest BCUT2D eigenvalue weighted by Crippen LogP contribution is -2.46. The minimum absolute atomic E-state index is 0.0203. The Morgan fingerprint density at radius 2 is 2.00 bits per heavy atom. The first kappa shape index (κ1) is 18.8. The van der Waals surface area contributed by atoms with Crippen LogP contribution in [0.25, 0.3) is 0 Å². The van der Waals surface area contributed by atoms with E-state index in [4.69, 9.17) is 10.00 Å². The summed E-state index contributed by atoms with van der Waals surface area (Å²) >= 11 is 0. The number of aliphatic hydroxyl groups is 1. The van der Waals surface area contributed by atoms with Gasteiger partial charge in [-0.2, -0.15) is 5.26 Å². The second-order valence-corrected chi connectivity index (χ2v) is 7.14. The van der Waals surface area contributed by atoms with Crippen molar-refractivity contribution in [1.82, 2.24) is 9.80 Å². The molecule has 0 unspecified atom stereocenters. The molecule has 6 nitrogen and oxygen atoms in total. The standard InChI is InChI=1S/C20H27N3O3/c1-2-16-12-23(20(25)17-5-3-15(11-21)4-6-17)19(14-24)18(16)13-22-7-9-26-10-8-22/h3-6,16,18-19,24H,2,7-10,12-14H2,1H3/t16-,18-,19-/m1/s1. The van der Waals surface area contributed by atoms with E-state index in [0.29, 0.717) is 23.6 Å². The molecule has 2 aliphatic rings. The summed E-state index contributed by atoms with van der Waals surface area (Å²) in [5.41, 5.74) is 1.11. The summed E-state index contributed by atoms with van der Waals surface area (Å²) < 4.78 is 5.43. The molecule has 0 saturated carbocycles. The number of hydrogen-bond acceptors (Lipinski definition) is 5. The van der Waals surface area contributed by atoms with Gasteiger partial charge in [0, 0.05) is 31.7 Å². The number of nitrogens with zero attached hydrogens (tertiary/aromatic N) is 3. The van der Waals surface area contributed by atoms with Gasteiger partial charge >= 0.3 is 0 Å². The van der Waals surface area contributed by atoms with Crippen LogP contribution in [-0.2, 0) is 4.74 Å². The van der Waals surface area contributed by atoms with E-state index >= 15 is 0 Å². The lowest BCUT2D eigenvalue weighted by Gasteiger charge is -2.33. The second-order valence-electron chi connectivity index (χ2n) is 7.14. The molecular weight excluding hydrogens is 330 g/mol. The van der Waals surface area contributed by atoms with Crippen LogP contribution in [0.4, 0.5) is 0 Å². The van der Waals surface area contributed by atoms with E-state index in [9.17, 15) is 9.90 Å². The molecule has 1 aromatic rings. The number of ether oxygens (including phenoxy) is 1. The van der Waals surface area contributed by atoms with E-state index in [2.05, 4.69) is 17.9 Å². The maximum absolute atomic E-state index is 13.0. The Balaban J connectivity index is 1.75. The zero-order valence-electron chi connectivity index (χ0n) is 15.3. The van der Waals surface area contributed by atoms with E-state index in [1.54, 1.807) is 24.3 Å². The number of carbonyl (C=O) groups excluding carboxylic acids is 1. The Kier molecular flexibility index (Phi) is 6.25. The average Bonchev–Trinajstić information content (AvgIpc) is 3.05. The first-order valence-corrected chi connectivity index (χ1v) is 9.40. The fourth-order valence-corrected chi connectivity index (χ4v) is 4.17. The largest absolute Gasteiger partial charge is 0.394 e. The van der Waals surface area contributed by atoms with E-state index < -0.39 is 0 Å². The molecule has 1 N–H and O–H groups in total. The molecule has 0 bridgehead atoms. The summed E-state index contributed by atoms with van der Waals surface area (Å²) in [4.78, 5) is 17.2. The van der Waals surface area contributed by atoms with E-state index in [1.165, 1.54) is 0 Å². The number of amides is 1. The van der Waals surface area contributed by atoms with Gasteiger partial charge in [0.15, 0.2) is 0 Å². The number of morpholine rings is 1. The van der Waals surface area contributed by atoms with Gasteiger partial charge in [-0.25, -0.2) is 0 Å². The maximum Gasteiger partial charge on any atom is 0.254 e. The molecule has 1 aromatic carbocycles. The number of likely N-dealkylation sites (tertiary alicyclic amines) is 1. The van der Waals surface area contributed by atoms with Crippen molar-refractivity contribution in [2.45, 2.75) is 19.4 Å². The fraction of sp³-hybridized carbons (Fsp3) is 0.600. The molecule has 1 amide bonds. The molecule has 2 saturated heterocycles. The van der Waals surface area contributed by atoms with Gasteiger partial charge in [-0.1, -0.05) is 13.3 Å². The molecular formula is C20H27N3O3. The van der Waals surface area contributed by atoms with Gasteiger partial charge in [0.2, 0.25) is 0 Å². The van der Waals surface area contributed by atoms with Gasteiger partial charge in [0.1, 0.15) is 0 Å². The van der Waals surface area contributed by atoms with Crippen LogP contribution in [0.2, 0.25) is 0 Å². The molecule has 0 aliphatic carbocycles. The van der Waals surface area contributed by atoms with Gasteiger partial charge in [-0.3, -0.25) is 9.69 Å². The van der Waals surface area contributed by atoms with Crippen molar-refractivity contribution >= 4 is 5.91 Å². The van der Waals surface area contributed by atoms with E-state index in [0.717, 1.165) is 39.3 Å². The van der Waals surface area contributed by atoms with E-state index in [-0.39, 0.29) is 24.5 Å². The third-order valence-corrected chi connectivity index (χ3v) is 5.74. The maximum atomic E-state index is 13.0. The van der Waals surface area contributed by atoms with Gasteiger partial charge in [0.25, 0.3) is 5.91 Å². The zero-order chi connectivity index (χ0) is 18.5. The number of rotatable bonds is 5. The van der Waals surface area contributed by atoms with Crippen molar-refractivity contribution in [3.05, 3.63) is 35.4 Å². The number of benzene rings is 1. The van der Waals surface area contributed by atoms with Crippen LogP contribution in [0.3, 0.4) is 0 Å². The van der Waals surface area contributed by atoms with Crippen LogP contribution in [-0.4, -0.2) is 72.9 Å². The highest BCUT2D eigenvalue weighted by atomic mass is 16.5. The van der Waals surface area contributed by atoms with E-state index in [1.807, 2.05) is 4.90 Å². The Hall–Kier alpha value is -1.94. The molecule has 2 heterocycles. The first-order chi connectivity index (χ1) is 12.7. The SMILES string of the molecule is CC[C@@H]1CN(C(=O)c2ccc(C#N)cc2)[C@H](CO)[C@@H]1CN1CCOCC1. The van der Waals surface area contributed by atoms with Gasteiger partial charge in [-0.15, -0.1) is 0 Å². The summed E-state index contributed by atoms with van der Waals surface area (Å²) in [7, 11) is 0. The van der Waals surface area contributed by atoms with Crippen molar-refractivity contribution in [2.75, 3.05) is 46.0 Å². The minimum atomic E-state index is -0.161. The van der Waals surface area contributed by atoms with Crippen LogP contribution in [0.5, 0.6) is 0 Å². The normalized spacial score (nSPS) is 26.7. The van der Waals surface area contributed by atoms with Crippen molar-refractivity contribution in [3.8, 4) is 6.07 Å². The van der Waals surface area contributed by atoms with Crippen molar-refractivity contribution < 1.29 is 14.6 Å². The van der Waals surface area contributed by atoms with Gasteiger partial charge in [0.05, 0.1) is 37.5 Å². The van der Waals surface area contributed by atoms with Crippen molar-refractivity contribution in [3.63, 3.8) is 0 Å². The predicted octanol–water partition coefficient (Wildman–Crippen LogP) is 1.35. The average molecular weight is 357 g/mol. The second kappa shape index (κ2) is 8.63. The number of aliphatic hydroxyl groups excluding tert-OH is 1. The number of hydrogen-bond donors (Lipinski definition) is 1. The topological polar surface area (TPSA) is 76.8 Å². The molecule has 3 rings (SSSR count). The molecule has 0 aromatic heterocycles. The summed E-state index contributed by atoms with van der Waals surface area (Å²) in [5, 5.41) is 19.0. The lowest BCUT2D eigenvalue weighted by atomic mass is 9.88. The summed E-state index contributed by atoms with van der Waals surface area (Å²) in [6, 6.07) is 8.64. The van der Waals surface area contributed by atoms with Crippen LogP contribution < -0.4 is 0 Å². The molecule has 0 spiro atoms. The molecule has 0 radical (unpaired) electrons. The van der Waals surface area contributed by atoms with Crippen molar-refractivity contribution in [1.29, 1.82) is 5.26 Å². The highest BCUT2D eigenvalue weighted by Gasteiger charge is 2.43.